The topological polar surface area (TPSA) is 53.1 Å². The Morgan fingerprint density at radius 3 is 3.07 bits per heavy atom. The van der Waals surface area contributed by atoms with Gasteiger partial charge in [-0.3, -0.25) is 4.68 Å². The average Bonchev–Trinajstić information content (AvgIpc) is 2.47. The second kappa shape index (κ2) is 4.19. The van der Waals surface area contributed by atoms with E-state index in [2.05, 4.69) is 5.10 Å². The third-order valence-electron chi connectivity index (χ3n) is 2.41. The number of nitrogens with two attached hydrogens (primary N) is 1. The zero-order chi connectivity index (χ0) is 9.97. The van der Waals surface area contributed by atoms with Crippen molar-refractivity contribution in [3.05, 3.63) is 11.2 Å². The normalized spacial score (nSPS) is 22.5. The number of nitrogens with zero attached hydrogens (tertiary/aromatic N) is 2. The SMILES string of the molecule is Nc1nn(CC2CCCCO2)cc1Cl. The van der Waals surface area contributed by atoms with E-state index in [1.54, 1.807) is 10.9 Å². The van der Waals surface area contributed by atoms with Gasteiger partial charge in [0.05, 0.1) is 12.6 Å². The summed E-state index contributed by atoms with van der Waals surface area (Å²) in [5.41, 5.74) is 5.54. The van der Waals surface area contributed by atoms with Gasteiger partial charge in [0.25, 0.3) is 0 Å². The molecule has 1 aromatic heterocycles. The van der Waals surface area contributed by atoms with Crippen LogP contribution in [0, 0.1) is 0 Å². The molecule has 1 saturated heterocycles. The Bertz CT molecular complexity index is 288. The first-order valence-electron chi connectivity index (χ1n) is 4.86. The van der Waals surface area contributed by atoms with E-state index in [9.17, 15) is 0 Å². The van der Waals surface area contributed by atoms with Crippen molar-refractivity contribution in [2.45, 2.75) is 31.9 Å². The number of halogens is 1. The predicted octanol–water partition coefficient (Wildman–Crippen LogP) is 1.69. The Morgan fingerprint density at radius 2 is 2.50 bits per heavy atom. The summed E-state index contributed by atoms with van der Waals surface area (Å²) in [5, 5.41) is 4.60. The second-order valence-electron chi connectivity index (χ2n) is 3.57. The van der Waals surface area contributed by atoms with E-state index in [4.69, 9.17) is 22.1 Å². The number of nitrogen functional groups attached to an aromatic ring is 1. The average molecular weight is 216 g/mol. The molecule has 0 spiro atoms. The lowest BCUT2D eigenvalue weighted by atomic mass is 10.1. The molecule has 0 bridgehead atoms. The van der Waals surface area contributed by atoms with Crippen LogP contribution in [0.2, 0.25) is 5.02 Å². The zero-order valence-electron chi connectivity index (χ0n) is 7.95. The molecular formula is C9H14ClN3O. The van der Waals surface area contributed by atoms with Crippen molar-refractivity contribution in [3.63, 3.8) is 0 Å². The van der Waals surface area contributed by atoms with E-state index in [-0.39, 0.29) is 6.10 Å². The highest BCUT2D eigenvalue weighted by atomic mass is 35.5. The van der Waals surface area contributed by atoms with E-state index in [1.807, 2.05) is 0 Å². The van der Waals surface area contributed by atoms with E-state index in [0.717, 1.165) is 19.6 Å². The van der Waals surface area contributed by atoms with Crippen molar-refractivity contribution >= 4 is 17.4 Å². The lowest BCUT2D eigenvalue weighted by Gasteiger charge is -2.22. The fourth-order valence-corrected chi connectivity index (χ4v) is 1.82. The van der Waals surface area contributed by atoms with Gasteiger partial charge >= 0.3 is 0 Å². The van der Waals surface area contributed by atoms with Crippen LogP contribution >= 0.6 is 11.6 Å². The summed E-state index contributed by atoms with van der Waals surface area (Å²) < 4.78 is 7.34. The molecule has 2 heterocycles. The molecular weight excluding hydrogens is 202 g/mol. The number of aromatic nitrogens is 2. The van der Waals surface area contributed by atoms with Crippen LogP contribution in [0.3, 0.4) is 0 Å². The van der Waals surface area contributed by atoms with Gasteiger partial charge in [-0.05, 0) is 19.3 Å². The van der Waals surface area contributed by atoms with Gasteiger partial charge in [0.1, 0.15) is 5.02 Å². The summed E-state index contributed by atoms with van der Waals surface area (Å²) in [4.78, 5) is 0. The van der Waals surface area contributed by atoms with E-state index >= 15 is 0 Å². The summed E-state index contributed by atoms with van der Waals surface area (Å²) in [6.07, 6.45) is 5.50. The van der Waals surface area contributed by atoms with Crippen molar-refractivity contribution in [3.8, 4) is 0 Å². The molecule has 0 aromatic carbocycles. The highest BCUT2D eigenvalue weighted by Crippen LogP contribution is 2.18. The number of rotatable bonds is 2. The molecule has 78 valence electrons. The van der Waals surface area contributed by atoms with Gasteiger partial charge in [0.15, 0.2) is 5.82 Å². The summed E-state index contributed by atoms with van der Waals surface area (Å²) in [7, 11) is 0. The molecule has 4 nitrogen and oxygen atoms in total. The van der Waals surface area contributed by atoms with Gasteiger partial charge in [-0.1, -0.05) is 11.6 Å². The third kappa shape index (κ3) is 2.19. The maximum atomic E-state index is 5.80. The van der Waals surface area contributed by atoms with Crippen molar-refractivity contribution in [2.75, 3.05) is 12.3 Å². The van der Waals surface area contributed by atoms with Crippen molar-refractivity contribution in [2.24, 2.45) is 0 Å². The summed E-state index contributed by atoms with van der Waals surface area (Å²) in [6, 6.07) is 0. The van der Waals surface area contributed by atoms with Gasteiger partial charge in [0, 0.05) is 12.8 Å². The first kappa shape index (κ1) is 9.80. The Labute approximate surface area is 88.0 Å². The molecule has 2 N–H and O–H groups in total. The second-order valence-corrected chi connectivity index (χ2v) is 3.98. The quantitative estimate of drug-likeness (QED) is 0.817. The molecule has 1 aliphatic rings. The van der Waals surface area contributed by atoms with Gasteiger partial charge in [-0.2, -0.15) is 5.10 Å². The Morgan fingerprint density at radius 1 is 1.64 bits per heavy atom. The first-order valence-corrected chi connectivity index (χ1v) is 5.23. The van der Waals surface area contributed by atoms with Crippen LogP contribution < -0.4 is 5.73 Å². The molecule has 2 rings (SSSR count). The summed E-state index contributed by atoms with van der Waals surface area (Å²) in [5.74, 6) is 0.391. The monoisotopic (exact) mass is 215 g/mol. The number of hydrogen-bond acceptors (Lipinski definition) is 3. The molecule has 1 atom stereocenters. The van der Waals surface area contributed by atoms with Crippen LogP contribution in [0.5, 0.6) is 0 Å². The van der Waals surface area contributed by atoms with Crippen LogP contribution in [-0.2, 0) is 11.3 Å². The third-order valence-corrected chi connectivity index (χ3v) is 2.70. The van der Waals surface area contributed by atoms with E-state index < -0.39 is 0 Å². The summed E-state index contributed by atoms with van der Waals surface area (Å²) in [6.45, 7) is 1.60. The van der Waals surface area contributed by atoms with Crippen molar-refractivity contribution in [1.29, 1.82) is 0 Å². The molecule has 0 amide bonds. The Balaban J connectivity index is 1.95. The number of hydrogen-bond donors (Lipinski definition) is 1. The first-order chi connectivity index (χ1) is 6.75. The predicted molar refractivity (Wildman–Crippen MR) is 55.2 cm³/mol. The molecule has 0 radical (unpaired) electrons. The summed E-state index contributed by atoms with van der Waals surface area (Å²) >= 11 is 5.80. The molecule has 1 aliphatic heterocycles. The fraction of sp³-hybridized carbons (Fsp3) is 0.667. The molecule has 1 unspecified atom stereocenters. The Kier molecular flexibility index (Phi) is 2.93. The van der Waals surface area contributed by atoms with Crippen molar-refractivity contribution in [1.82, 2.24) is 9.78 Å². The maximum Gasteiger partial charge on any atom is 0.164 e. The van der Waals surface area contributed by atoms with Crippen LogP contribution in [0.1, 0.15) is 19.3 Å². The maximum absolute atomic E-state index is 5.80. The van der Waals surface area contributed by atoms with Crippen LogP contribution in [0.4, 0.5) is 5.82 Å². The van der Waals surface area contributed by atoms with Crippen LogP contribution in [0.25, 0.3) is 0 Å². The Hall–Kier alpha value is -0.740. The number of anilines is 1. The highest BCUT2D eigenvalue weighted by Gasteiger charge is 2.15. The van der Waals surface area contributed by atoms with Crippen LogP contribution in [0.15, 0.2) is 6.20 Å². The largest absolute Gasteiger partial charge is 0.381 e. The molecule has 1 fully saturated rings. The minimum Gasteiger partial charge on any atom is -0.381 e. The van der Waals surface area contributed by atoms with Gasteiger partial charge in [-0.15, -0.1) is 0 Å². The fourth-order valence-electron chi connectivity index (χ4n) is 1.67. The van der Waals surface area contributed by atoms with Crippen LogP contribution in [-0.4, -0.2) is 22.5 Å². The lowest BCUT2D eigenvalue weighted by Crippen LogP contribution is -2.24. The molecule has 5 heteroatoms. The smallest absolute Gasteiger partial charge is 0.164 e. The minimum atomic E-state index is 0.263. The minimum absolute atomic E-state index is 0.263. The zero-order valence-corrected chi connectivity index (χ0v) is 8.70. The van der Waals surface area contributed by atoms with Crippen molar-refractivity contribution < 1.29 is 4.74 Å². The van der Waals surface area contributed by atoms with E-state index in [1.165, 1.54) is 12.8 Å². The van der Waals surface area contributed by atoms with Gasteiger partial charge < -0.3 is 10.5 Å². The number of ether oxygens (including phenoxy) is 1. The molecule has 14 heavy (non-hydrogen) atoms. The lowest BCUT2D eigenvalue weighted by molar-refractivity contribution is 0.00405. The standard InChI is InChI=1S/C9H14ClN3O/c10-8-6-13(12-9(8)11)5-7-3-1-2-4-14-7/h6-7H,1-5H2,(H2,11,12). The molecule has 0 aliphatic carbocycles. The highest BCUT2D eigenvalue weighted by molar-refractivity contribution is 6.32. The van der Waals surface area contributed by atoms with E-state index in [0.29, 0.717) is 10.8 Å². The van der Waals surface area contributed by atoms with Gasteiger partial charge in [0.2, 0.25) is 0 Å². The van der Waals surface area contributed by atoms with Gasteiger partial charge in [-0.25, -0.2) is 0 Å². The molecule has 1 aromatic rings. The molecule has 0 saturated carbocycles.